The van der Waals surface area contributed by atoms with Crippen LogP contribution >= 0.6 is 0 Å². The minimum Gasteiger partial charge on any atom is -0.486 e. The Morgan fingerprint density at radius 3 is 2.63 bits per heavy atom. The number of ether oxygens (including phenoxy) is 1. The van der Waals surface area contributed by atoms with Gasteiger partial charge in [-0.1, -0.05) is 13.8 Å². The third-order valence-electron chi connectivity index (χ3n) is 6.59. The second kappa shape index (κ2) is 8.34. The Balaban J connectivity index is 1.53. The molecule has 3 atom stereocenters. The van der Waals surface area contributed by atoms with Crippen LogP contribution in [-0.4, -0.2) is 58.8 Å². The van der Waals surface area contributed by atoms with Crippen LogP contribution in [0.3, 0.4) is 0 Å². The first-order valence-electron chi connectivity index (χ1n) is 10.8. The Labute approximate surface area is 175 Å². The van der Waals surface area contributed by atoms with Gasteiger partial charge in [-0.05, 0) is 50.9 Å². The molecule has 1 aromatic rings. The predicted octanol–water partition coefficient (Wildman–Crippen LogP) is 2.23. The zero-order valence-corrected chi connectivity index (χ0v) is 17.4. The molecule has 1 aliphatic carbocycles. The molecule has 2 fully saturated rings. The van der Waals surface area contributed by atoms with Gasteiger partial charge in [0.1, 0.15) is 12.1 Å². The molecule has 1 saturated carbocycles. The second-order valence-electron chi connectivity index (χ2n) is 8.18. The molecule has 1 N–H and O–H groups in total. The first-order valence-corrected chi connectivity index (χ1v) is 10.8. The van der Waals surface area contributed by atoms with Gasteiger partial charge in [0.15, 0.2) is 11.6 Å². The summed E-state index contributed by atoms with van der Waals surface area (Å²) in [5, 5.41) is 2.26. The van der Waals surface area contributed by atoms with Crippen molar-refractivity contribution in [3.05, 3.63) is 29.1 Å². The fourth-order valence-corrected chi connectivity index (χ4v) is 4.99. The Morgan fingerprint density at radius 1 is 1.17 bits per heavy atom. The lowest BCUT2D eigenvalue weighted by molar-refractivity contribution is -0.136. The van der Waals surface area contributed by atoms with E-state index in [4.69, 9.17) is 4.74 Å². The van der Waals surface area contributed by atoms with E-state index in [9.17, 15) is 14.4 Å². The van der Waals surface area contributed by atoms with Gasteiger partial charge in [-0.25, -0.2) is 4.39 Å². The molecule has 0 radical (unpaired) electrons. The van der Waals surface area contributed by atoms with Crippen LogP contribution in [0.1, 0.15) is 61.9 Å². The summed E-state index contributed by atoms with van der Waals surface area (Å²) in [4.78, 5) is 40.1. The number of halogens is 1. The number of hydrogen-bond donors (Lipinski definition) is 1. The van der Waals surface area contributed by atoms with Crippen LogP contribution in [0.15, 0.2) is 12.1 Å². The van der Waals surface area contributed by atoms with Crippen LogP contribution < -0.4 is 10.1 Å². The third-order valence-corrected chi connectivity index (χ3v) is 6.59. The number of carbonyl (C=O) groups excluding carboxylic acids is 3. The number of carbonyl (C=O) groups is 3. The fourth-order valence-electron chi connectivity index (χ4n) is 4.99. The highest BCUT2D eigenvalue weighted by atomic mass is 19.1. The van der Waals surface area contributed by atoms with Crippen molar-refractivity contribution in [1.29, 1.82) is 0 Å². The lowest BCUT2D eigenvalue weighted by Gasteiger charge is -2.31. The highest BCUT2D eigenvalue weighted by Crippen LogP contribution is 2.35. The number of nitrogens with zero attached hydrogens (tertiary/aromatic N) is 2. The summed E-state index contributed by atoms with van der Waals surface area (Å²) in [6, 6.07) is 2.61. The van der Waals surface area contributed by atoms with E-state index in [-0.39, 0.29) is 60.2 Å². The van der Waals surface area contributed by atoms with Crippen molar-refractivity contribution in [2.24, 2.45) is 0 Å². The minimum absolute atomic E-state index is 0.00756. The van der Waals surface area contributed by atoms with Gasteiger partial charge in [-0.3, -0.25) is 24.6 Å². The van der Waals surface area contributed by atoms with Crippen molar-refractivity contribution in [2.45, 2.75) is 70.7 Å². The average molecular weight is 417 g/mol. The summed E-state index contributed by atoms with van der Waals surface area (Å²) in [6.07, 6.45) is 3.28. The topological polar surface area (TPSA) is 79.0 Å². The van der Waals surface area contributed by atoms with Gasteiger partial charge in [-0.15, -0.1) is 0 Å². The molecule has 0 bridgehead atoms. The van der Waals surface area contributed by atoms with Gasteiger partial charge in [0.05, 0.1) is 6.54 Å². The fraction of sp³-hybridized carbons (Fsp3) is 0.591. The van der Waals surface area contributed by atoms with Gasteiger partial charge in [0.25, 0.3) is 5.91 Å². The standard InChI is InChI=1S/C22H28FN3O4/c1-3-25(4-2)15-6-5-7-17(15)30-18-10-8-13-14(20(18)23)12-26(22(13)29)16-9-11-19(27)24-21(16)28/h8,10,15-17H,3-7,9,11-12H2,1-2H3,(H,24,27,28)/t15-,16?,17-/m0/s1. The zero-order valence-electron chi connectivity index (χ0n) is 17.4. The molecule has 3 amide bonds. The molecule has 2 aliphatic heterocycles. The van der Waals surface area contributed by atoms with Crippen molar-refractivity contribution in [3.63, 3.8) is 0 Å². The number of fused-ring (bicyclic) bond motifs is 1. The largest absolute Gasteiger partial charge is 0.486 e. The predicted molar refractivity (Wildman–Crippen MR) is 107 cm³/mol. The Hall–Kier alpha value is -2.48. The lowest BCUT2D eigenvalue weighted by atomic mass is 10.0. The molecular formula is C22H28FN3O4. The van der Waals surface area contributed by atoms with E-state index >= 15 is 4.39 Å². The number of imide groups is 1. The number of nitrogens with one attached hydrogen (secondary N) is 1. The SMILES string of the molecule is CCN(CC)[C@H]1CCC[C@@H]1Oc1ccc2c(c1F)CN(C1CCC(=O)NC1=O)C2=O. The number of piperidine rings is 1. The number of amides is 3. The summed E-state index contributed by atoms with van der Waals surface area (Å²) < 4.78 is 21.4. The van der Waals surface area contributed by atoms with Crippen molar-refractivity contribution < 1.29 is 23.5 Å². The van der Waals surface area contributed by atoms with Crippen LogP contribution in [0.4, 0.5) is 4.39 Å². The maximum absolute atomic E-state index is 15.3. The van der Waals surface area contributed by atoms with E-state index in [2.05, 4.69) is 24.1 Å². The van der Waals surface area contributed by atoms with Gasteiger partial charge < -0.3 is 9.64 Å². The number of rotatable bonds is 6. The van der Waals surface area contributed by atoms with Gasteiger partial charge in [0.2, 0.25) is 11.8 Å². The highest BCUT2D eigenvalue weighted by Gasteiger charge is 2.41. The quantitative estimate of drug-likeness (QED) is 0.718. The molecule has 162 valence electrons. The molecule has 30 heavy (non-hydrogen) atoms. The number of likely N-dealkylation sites (N-methyl/N-ethyl adjacent to an activating group) is 1. The second-order valence-corrected chi connectivity index (χ2v) is 8.18. The molecule has 1 aromatic carbocycles. The van der Waals surface area contributed by atoms with E-state index in [1.807, 2.05) is 0 Å². The monoisotopic (exact) mass is 417 g/mol. The van der Waals surface area contributed by atoms with Crippen LogP contribution in [0.25, 0.3) is 0 Å². The summed E-state index contributed by atoms with van der Waals surface area (Å²) >= 11 is 0. The highest BCUT2D eigenvalue weighted by molar-refractivity contribution is 6.05. The average Bonchev–Trinajstić information content (AvgIpc) is 3.31. The summed E-state index contributed by atoms with van der Waals surface area (Å²) in [5.41, 5.74) is 0.524. The maximum atomic E-state index is 15.3. The van der Waals surface area contributed by atoms with Crippen LogP contribution in [0, 0.1) is 5.82 Å². The summed E-state index contributed by atoms with van der Waals surface area (Å²) in [7, 11) is 0. The molecule has 0 spiro atoms. The molecule has 4 rings (SSSR count). The van der Waals surface area contributed by atoms with Crippen LogP contribution in [-0.2, 0) is 16.1 Å². The Kier molecular flexibility index (Phi) is 5.77. The Morgan fingerprint density at radius 2 is 1.93 bits per heavy atom. The molecule has 2 heterocycles. The maximum Gasteiger partial charge on any atom is 0.255 e. The van der Waals surface area contributed by atoms with Crippen molar-refractivity contribution in [3.8, 4) is 5.75 Å². The minimum atomic E-state index is -0.756. The third kappa shape index (κ3) is 3.57. The number of hydrogen-bond acceptors (Lipinski definition) is 5. The van der Waals surface area contributed by atoms with E-state index < -0.39 is 17.8 Å². The first-order chi connectivity index (χ1) is 14.4. The number of benzene rings is 1. The van der Waals surface area contributed by atoms with Crippen LogP contribution in [0.5, 0.6) is 5.75 Å². The molecule has 3 aliphatic rings. The Bertz CT molecular complexity index is 870. The van der Waals surface area contributed by atoms with Crippen molar-refractivity contribution in [2.75, 3.05) is 13.1 Å². The molecule has 0 aromatic heterocycles. The summed E-state index contributed by atoms with van der Waals surface area (Å²) in [6.45, 7) is 6.08. The van der Waals surface area contributed by atoms with Gasteiger partial charge in [0, 0.05) is 23.6 Å². The van der Waals surface area contributed by atoms with E-state index in [1.165, 1.54) is 11.0 Å². The zero-order chi connectivity index (χ0) is 21.4. The molecular weight excluding hydrogens is 389 g/mol. The normalized spacial score (nSPS) is 26.3. The van der Waals surface area contributed by atoms with Crippen LogP contribution in [0.2, 0.25) is 0 Å². The van der Waals surface area contributed by atoms with Crippen molar-refractivity contribution >= 4 is 17.7 Å². The van der Waals surface area contributed by atoms with E-state index in [0.29, 0.717) is 0 Å². The smallest absolute Gasteiger partial charge is 0.255 e. The van der Waals surface area contributed by atoms with Crippen molar-refractivity contribution in [1.82, 2.24) is 15.1 Å². The summed E-state index contributed by atoms with van der Waals surface area (Å²) in [5.74, 6) is -1.60. The molecule has 7 nitrogen and oxygen atoms in total. The van der Waals surface area contributed by atoms with E-state index in [1.54, 1.807) is 6.07 Å². The molecule has 1 saturated heterocycles. The van der Waals surface area contributed by atoms with E-state index in [0.717, 1.165) is 32.4 Å². The first kappa shape index (κ1) is 20.8. The van der Waals surface area contributed by atoms with Gasteiger partial charge >= 0.3 is 0 Å². The van der Waals surface area contributed by atoms with Gasteiger partial charge in [-0.2, -0.15) is 0 Å². The lowest BCUT2D eigenvalue weighted by Crippen LogP contribution is -2.52. The molecule has 1 unspecified atom stereocenters. The molecule has 8 heteroatoms.